The number of fused-ring (bicyclic) bond motifs is 1. The summed E-state index contributed by atoms with van der Waals surface area (Å²) in [6.45, 7) is 3.38. The van der Waals surface area contributed by atoms with Crippen molar-refractivity contribution in [1.29, 1.82) is 0 Å². The van der Waals surface area contributed by atoms with Gasteiger partial charge in [0.2, 0.25) is 5.88 Å². The molecule has 2 fully saturated rings. The molecule has 8 nitrogen and oxygen atoms in total. The second-order valence-corrected chi connectivity index (χ2v) is 11.5. The molecule has 4 aromatic rings. The summed E-state index contributed by atoms with van der Waals surface area (Å²) in [7, 11) is 0. The van der Waals surface area contributed by atoms with E-state index in [4.69, 9.17) is 31.0 Å². The van der Waals surface area contributed by atoms with E-state index < -0.39 is 11.8 Å². The van der Waals surface area contributed by atoms with E-state index in [0.717, 1.165) is 69.0 Å². The summed E-state index contributed by atoms with van der Waals surface area (Å²) in [5, 5.41) is 9.76. The Hall–Kier alpha value is -3.05. The van der Waals surface area contributed by atoms with Gasteiger partial charge in [-0.2, -0.15) is 0 Å². The van der Waals surface area contributed by atoms with Crippen molar-refractivity contribution in [2.75, 3.05) is 19.7 Å². The fourth-order valence-electron chi connectivity index (χ4n) is 5.17. The summed E-state index contributed by atoms with van der Waals surface area (Å²) in [4.78, 5) is 24.4. The van der Waals surface area contributed by atoms with Crippen LogP contribution in [-0.2, 0) is 24.3 Å². The second kappa shape index (κ2) is 11.2. The molecule has 11 heteroatoms. The molecule has 0 saturated carbocycles. The lowest BCUT2D eigenvalue weighted by Crippen LogP contribution is -2.34. The van der Waals surface area contributed by atoms with Gasteiger partial charge in [0.1, 0.15) is 17.3 Å². The fraction of sp³-hybridized carbons (Fsp3) is 0.393. The number of likely N-dealkylation sites (tertiary alicyclic amines) is 1. The molecule has 1 atom stereocenters. The van der Waals surface area contributed by atoms with Crippen molar-refractivity contribution in [3.05, 3.63) is 81.0 Å². The highest BCUT2D eigenvalue weighted by molar-refractivity contribution is 7.18. The number of benzene rings is 1. The van der Waals surface area contributed by atoms with E-state index in [9.17, 15) is 14.3 Å². The lowest BCUT2D eigenvalue weighted by atomic mass is 9.93. The highest BCUT2D eigenvalue weighted by atomic mass is 35.5. The number of imidazole rings is 1. The minimum atomic E-state index is -0.930. The van der Waals surface area contributed by atoms with Gasteiger partial charge < -0.3 is 14.6 Å². The number of thiazole rings is 1. The van der Waals surface area contributed by atoms with Crippen molar-refractivity contribution >= 4 is 33.9 Å². The molecule has 0 amide bonds. The van der Waals surface area contributed by atoms with Crippen LogP contribution in [0.1, 0.15) is 57.5 Å². The number of hydrogen-bond donors (Lipinski definition) is 1. The third kappa shape index (κ3) is 5.79. The van der Waals surface area contributed by atoms with Gasteiger partial charge in [-0.05, 0) is 50.6 Å². The van der Waals surface area contributed by atoms with Gasteiger partial charge in [0.25, 0.3) is 0 Å². The van der Waals surface area contributed by atoms with Crippen molar-refractivity contribution in [3.63, 3.8) is 0 Å². The molecule has 0 aliphatic carbocycles. The number of aromatic nitrogens is 3. The van der Waals surface area contributed by atoms with Gasteiger partial charge in [-0.25, -0.2) is 19.2 Å². The Morgan fingerprint density at radius 1 is 1.21 bits per heavy atom. The summed E-state index contributed by atoms with van der Waals surface area (Å²) in [5.41, 5.74) is 3.45. The van der Waals surface area contributed by atoms with Crippen LogP contribution in [0.2, 0.25) is 5.02 Å². The summed E-state index contributed by atoms with van der Waals surface area (Å²) >= 11 is 7.04. The largest absolute Gasteiger partial charge is 0.477 e. The maximum absolute atomic E-state index is 14.1. The molecule has 5 heterocycles. The van der Waals surface area contributed by atoms with E-state index in [-0.39, 0.29) is 17.6 Å². The van der Waals surface area contributed by atoms with Crippen LogP contribution >= 0.6 is 22.9 Å². The van der Waals surface area contributed by atoms with Crippen LogP contribution in [0.25, 0.3) is 4.96 Å². The number of nitrogens with zero attached hydrogens (tertiary/aromatic N) is 4. The van der Waals surface area contributed by atoms with Gasteiger partial charge in [-0.3, -0.25) is 9.30 Å². The first-order valence-electron chi connectivity index (χ1n) is 13.0. The Morgan fingerprint density at radius 3 is 2.74 bits per heavy atom. The average Bonchev–Trinajstić information content (AvgIpc) is 3.45. The highest BCUT2D eigenvalue weighted by Crippen LogP contribution is 2.31. The molecule has 39 heavy (non-hydrogen) atoms. The van der Waals surface area contributed by atoms with E-state index >= 15 is 0 Å². The summed E-state index contributed by atoms with van der Waals surface area (Å²) in [5.74, 6) is -0.538. The molecule has 2 aliphatic rings. The Kier molecular flexibility index (Phi) is 7.53. The Bertz CT molecular complexity index is 1500. The van der Waals surface area contributed by atoms with E-state index in [1.165, 1.54) is 17.4 Å². The lowest BCUT2D eigenvalue weighted by Gasteiger charge is -2.32. The smallest absolute Gasteiger partial charge is 0.347 e. The first-order chi connectivity index (χ1) is 18.9. The summed E-state index contributed by atoms with van der Waals surface area (Å²) in [6.07, 6.45) is 5.50. The summed E-state index contributed by atoms with van der Waals surface area (Å²) in [6, 6.07) is 10.3. The maximum atomic E-state index is 14.1. The van der Waals surface area contributed by atoms with Crippen molar-refractivity contribution in [3.8, 4) is 5.88 Å². The van der Waals surface area contributed by atoms with Crippen LogP contribution in [0.4, 0.5) is 4.39 Å². The molecule has 0 spiro atoms. The molecular formula is C28H28ClFN4O4S. The topological polar surface area (TPSA) is 89.2 Å². The average molecular weight is 571 g/mol. The van der Waals surface area contributed by atoms with Crippen LogP contribution in [0.5, 0.6) is 5.88 Å². The van der Waals surface area contributed by atoms with Crippen LogP contribution in [-0.4, -0.2) is 56.1 Å². The maximum Gasteiger partial charge on any atom is 0.347 e. The van der Waals surface area contributed by atoms with Gasteiger partial charge >= 0.3 is 5.97 Å². The van der Waals surface area contributed by atoms with Crippen LogP contribution in [0.15, 0.2) is 42.6 Å². The van der Waals surface area contributed by atoms with Gasteiger partial charge in [0, 0.05) is 54.0 Å². The molecule has 3 aromatic heterocycles. The number of pyridine rings is 1. The number of piperidine rings is 1. The molecular weight excluding hydrogens is 543 g/mol. The molecule has 0 radical (unpaired) electrons. The monoisotopic (exact) mass is 570 g/mol. The van der Waals surface area contributed by atoms with Gasteiger partial charge in [-0.1, -0.05) is 35.1 Å². The number of hydrogen-bond acceptors (Lipinski definition) is 7. The minimum Gasteiger partial charge on any atom is -0.477 e. The Labute approximate surface area is 234 Å². The van der Waals surface area contributed by atoms with E-state index in [0.29, 0.717) is 27.3 Å². The van der Waals surface area contributed by atoms with Crippen molar-refractivity contribution in [1.82, 2.24) is 19.3 Å². The third-order valence-electron chi connectivity index (χ3n) is 7.45. The molecule has 1 N–H and O–H groups in total. The zero-order chi connectivity index (χ0) is 26.9. The van der Waals surface area contributed by atoms with Gasteiger partial charge in [0.15, 0.2) is 4.96 Å². The quantitative estimate of drug-likeness (QED) is 0.281. The molecule has 0 bridgehead atoms. The van der Waals surface area contributed by atoms with Crippen LogP contribution < -0.4 is 4.74 Å². The van der Waals surface area contributed by atoms with Gasteiger partial charge in [0.05, 0.1) is 17.5 Å². The Balaban J connectivity index is 1.09. The molecule has 1 unspecified atom stereocenters. The lowest BCUT2D eigenvalue weighted by molar-refractivity contribution is -0.0499. The van der Waals surface area contributed by atoms with E-state index in [2.05, 4.69) is 4.90 Å². The van der Waals surface area contributed by atoms with Gasteiger partial charge in [-0.15, -0.1) is 0 Å². The predicted octanol–water partition coefficient (Wildman–Crippen LogP) is 5.57. The van der Waals surface area contributed by atoms with Crippen LogP contribution in [0, 0.1) is 5.82 Å². The third-order valence-corrected chi connectivity index (χ3v) is 8.65. The first kappa shape index (κ1) is 26.2. The van der Waals surface area contributed by atoms with E-state index in [1.807, 2.05) is 16.5 Å². The zero-order valence-electron chi connectivity index (χ0n) is 21.2. The minimum absolute atomic E-state index is 0.0855. The van der Waals surface area contributed by atoms with E-state index in [1.54, 1.807) is 24.4 Å². The number of carboxylic acid groups (broad SMARTS) is 1. The molecule has 2 saturated heterocycles. The number of rotatable bonds is 9. The number of aromatic carboxylic acids is 1. The zero-order valence-corrected chi connectivity index (χ0v) is 22.8. The molecule has 1 aromatic carbocycles. The standard InChI is InChI=1S/C28H28ClFN4O4S/c29-19-5-4-18(21(30)12-19)16-38-26-3-1-2-22(31-26)17-6-9-33(10-7-17)14-23-24(13-20-8-11-37-20)34-15-25(27(35)36)39-28(34)32-23/h1-5,12,15,17,20H,6-11,13-14,16H2,(H,35,36). The number of halogens is 2. The first-order valence-corrected chi connectivity index (χ1v) is 14.2. The SMILES string of the molecule is O=C(O)c1cn2c(CC3CCO3)c(CN3CCC(c4cccc(OCc5ccc(Cl)cc5F)n4)CC3)nc2s1. The Morgan fingerprint density at radius 2 is 2.03 bits per heavy atom. The van der Waals surface area contributed by atoms with Crippen LogP contribution in [0.3, 0.4) is 0 Å². The molecule has 2 aliphatic heterocycles. The van der Waals surface area contributed by atoms with Crippen molar-refractivity contribution in [2.45, 2.75) is 50.9 Å². The number of ether oxygens (including phenoxy) is 2. The fourth-order valence-corrected chi connectivity index (χ4v) is 6.18. The summed E-state index contributed by atoms with van der Waals surface area (Å²) < 4.78 is 27.5. The normalized spacial score (nSPS) is 18.4. The number of carboxylic acids is 1. The highest BCUT2D eigenvalue weighted by Gasteiger charge is 2.27. The predicted molar refractivity (Wildman–Crippen MR) is 145 cm³/mol. The molecule has 6 rings (SSSR count). The van der Waals surface area contributed by atoms with Crippen molar-refractivity contribution in [2.24, 2.45) is 0 Å². The van der Waals surface area contributed by atoms with Crippen molar-refractivity contribution < 1.29 is 23.8 Å². The second-order valence-electron chi connectivity index (χ2n) is 10.0. The molecule has 204 valence electrons. The number of carbonyl (C=O) groups is 1.